The van der Waals surface area contributed by atoms with Gasteiger partial charge >= 0.3 is 0 Å². The lowest BCUT2D eigenvalue weighted by Gasteiger charge is -2.55. The van der Waals surface area contributed by atoms with Crippen LogP contribution in [0, 0.1) is 17.3 Å². The molecular formula is C40H39Cl2O3P. The number of carbonyl (C=O) groups is 1. The molecule has 236 valence electrons. The average molecular weight is 670 g/mol. The quantitative estimate of drug-likeness (QED) is 0.206. The van der Waals surface area contributed by atoms with Crippen molar-refractivity contribution in [3.8, 4) is 0 Å². The zero-order valence-corrected chi connectivity index (χ0v) is 28.6. The van der Waals surface area contributed by atoms with Gasteiger partial charge in [0.1, 0.15) is 0 Å². The number of allylic oxidation sites excluding steroid dienone is 4. The molecule has 0 radical (unpaired) electrons. The van der Waals surface area contributed by atoms with Crippen molar-refractivity contribution in [3.05, 3.63) is 123 Å². The lowest BCUT2D eigenvalue weighted by molar-refractivity contribution is -0.114. The molecule has 0 amide bonds. The number of rotatable bonds is 4. The lowest BCUT2D eigenvalue weighted by atomic mass is 9.50. The van der Waals surface area contributed by atoms with Gasteiger partial charge in [-0.15, -0.1) is 0 Å². The zero-order chi connectivity index (χ0) is 31.8. The Labute approximate surface area is 282 Å². The summed E-state index contributed by atoms with van der Waals surface area (Å²) in [6.07, 6.45) is 9.56. The fraction of sp³-hybridized carbons (Fsp3) is 0.375. The molecule has 2 saturated carbocycles. The fourth-order valence-electron chi connectivity index (χ4n) is 10.1. The highest BCUT2D eigenvalue weighted by Crippen LogP contribution is 2.70. The van der Waals surface area contributed by atoms with E-state index in [1.165, 1.54) is 22.3 Å². The second-order valence-corrected chi connectivity index (χ2v) is 17.9. The van der Waals surface area contributed by atoms with E-state index < -0.39 is 7.14 Å². The Morgan fingerprint density at radius 3 is 2.02 bits per heavy atom. The van der Waals surface area contributed by atoms with E-state index in [2.05, 4.69) is 37.8 Å². The summed E-state index contributed by atoms with van der Waals surface area (Å²) >= 11 is 12.5. The number of fused-ring (bicyclic) bond motifs is 5. The van der Waals surface area contributed by atoms with E-state index >= 15 is 4.57 Å². The van der Waals surface area contributed by atoms with Gasteiger partial charge in [0.05, 0.1) is 12.2 Å². The molecule has 0 bridgehead atoms. The number of benzene rings is 3. The average Bonchev–Trinajstić information content (AvgIpc) is 3.59. The minimum absolute atomic E-state index is 0.0216. The first kappa shape index (κ1) is 30.6. The van der Waals surface area contributed by atoms with Gasteiger partial charge in [0.2, 0.25) is 0 Å². The Balaban J connectivity index is 1.26. The minimum atomic E-state index is -3.20. The van der Waals surface area contributed by atoms with Crippen LogP contribution in [0.2, 0.25) is 10.0 Å². The summed E-state index contributed by atoms with van der Waals surface area (Å²) in [6, 6.07) is 23.3. The van der Waals surface area contributed by atoms with Crippen LogP contribution in [0.4, 0.5) is 0 Å². The lowest BCUT2D eigenvalue weighted by Crippen LogP contribution is -2.52. The van der Waals surface area contributed by atoms with Crippen molar-refractivity contribution >= 4 is 52.0 Å². The number of carbonyl (C=O) groups excluding carboxylic acids is 1. The molecule has 1 unspecified atom stereocenters. The predicted octanol–water partition coefficient (Wildman–Crippen LogP) is 9.25. The van der Waals surface area contributed by atoms with Gasteiger partial charge in [0.25, 0.3) is 0 Å². The molecule has 3 fully saturated rings. The zero-order valence-electron chi connectivity index (χ0n) is 26.2. The molecule has 0 N–H and O–H groups in total. The van der Waals surface area contributed by atoms with Crippen LogP contribution in [0.25, 0.3) is 0 Å². The van der Waals surface area contributed by atoms with E-state index in [1.54, 1.807) is 29.8 Å². The Kier molecular flexibility index (Phi) is 7.46. The Hall–Kier alpha value is -2.68. The molecule has 3 nitrogen and oxygen atoms in total. The standard InChI is InChI=1S/C40H39Cl2O3P/c1-25-20-22-45-40(25)21-19-37-35-17-5-27-23-30(43)10-18-34(27)38(35)36(24-39(37,40)2)26-3-11-31(12-4-26)46(44,32-13-6-28(41)7-14-32)33-15-8-29(42)9-16-33/h3-4,6-9,11-16,23,35-37H,1,5,10,17-22,24H2,2H3/t35-,36?,37-,39-,40-/m0/s1. The fourth-order valence-corrected chi connectivity index (χ4v) is 12.9. The smallest absolute Gasteiger partial charge is 0.171 e. The van der Waals surface area contributed by atoms with E-state index in [9.17, 15) is 4.79 Å². The molecule has 3 aromatic carbocycles. The number of halogens is 2. The van der Waals surface area contributed by atoms with Crippen molar-refractivity contribution in [1.82, 2.24) is 0 Å². The number of hydrogen-bond acceptors (Lipinski definition) is 3. The summed E-state index contributed by atoms with van der Waals surface area (Å²) in [5, 5.41) is 3.48. The maximum Gasteiger partial charge on any atom is 0.171 e. The Morgan fingerprint density at radius 1 is 0.826 bits per heavy atom. The second kappa shape index (κ2) is 11.2. The van der Waals surface area contributed by atoms with Crippen LogP contribution >= 0.6 is 30.3 Å². The summed E-state index contributed by atoms with van der Waals surface area (Å²) in [7, 11) is -3.20. The van der Waals surface area contributed by atoms with Crippen LogP contribution in [-0.4, -0.2) is 18.0 Å². The van der Waals surface area contributed by atoms with Gasteiger partial charge in [-0.2, -0.15) is 0 Å². The van der Waals surface area contributed by atoms with Crippen LogP contribution in [-0.2, 0) is 14.1 Å². The van der Waals surface area contributed by atoms with E-state index in [0.29, 0.717) is 28.3 Å². The molecular weight excluding hydrogens is 630 g/mol. The third kappa shape index (κ3) is 4.49. The summed E-state index contributed by atoms with van der Waals surface area (Å²) in [6.45, 7) is 7.82. The first-order valence-electron chi connectivity index (χ1n) is 16.7. The first-order valence-corrected chi connectivity index (χ1v) is 19.1. The van der Waals surface area contributed by atoms with Gasteiger partial charge in [-0.05, 0) is 134 Å². The van der Waals surface area contributed by atoms with Crippen LogP contribution in [0.3, 0.4) is 0 Å². The molecule has 3 aromatic rings. The van der Waals surface area contributed by atoms with Gasteiger partial charge in [-0.1, -0.05) is 66.5 Å². The maximum atomic E-state index is 15.2. The van der Waals surface area contributed by atoms with Gasteiger partial charge in [0, 0.05) is 43.7 Å². The maximum absolute atomic E-state index is 15.2. The van der Waals surface area contributed by atoms with Gasteiger partial charge in [-0.25, -0.2) is 0 Å². The molecule has 4 aliphatic carbocycles. The van der Waals surface area contributed by atoms with Crippen LogP contribution in [0.5, 0.6) is 0 Å². The summed E-state index contributed by atoms with van der Waals surface area (Å²) < 4.78 is 21.9. The summed E-state index contributed by atoms with van der Waals surface area (Å²) in [5.41, 5.74) is 6.49. The van der Waals surface area contributed by atoms with Gasteiger partial charge in [0.15, 0.2) is 12.9 Å². The van der Waals surface area contributed by atoms with Crippen molar-refractivity contribution in [2.24, 2.45) is 17.3 Å². The van der Waals surface area contributed by atoms with Crippen molar-refractivity contribution in [2.45, 2.75) is 69.8 Å². The third-order valence-corrected chi connectivity index (χ3v) is 15.8. The summed E-state index contributed by atoms with van der Waals surface area (Å²) in [5.74, 6) is 1.46. The monoisotopic (exact) mass is 668 g/mol. The molecule has 1 aliphatic heterocycles. The molecule has 8 rings (SSSR count). The molecule has 46 heavy (non-hydrogen) atoms. The van der Waals surface area contributed by atoms with Gasteiger partial charge < -0.3 is 9.30 Å². The molecule has 6 heteroatoms. The highest BCUT2D eigenvalue weighted by atomic mass is 35.5. The number of hydrogen-bond donors (Lipinski definition) is 0. The van der Waals surface area contributed by atoms with E-state index in [1.807, 2.05) is 30.3 Å². The largest absolute Gasteiger partial charge is 0.370 e. The van der Waals surface area contributed by atoms with E-state index in [-0.39, 0.29) is 22.7 Å². The molecule has 0 aromatic heterocycles. The normalized spacial score (nSPS) is 30.7. The molecule has 1 saturated heterocycles. The molecule has 1 heterocycles. The van der Waals surface area contributed by atoms with Crippen molar-refractivity contribution in [1.29, 1.82) is 0 Å². The molecule has 5 aliphatic rings. The number of ether oxygens (including phenoxy) is 1. The predicted molar refractivity (Wildman–Crippen MR) is 189 cm³/mol. The SMILES string of the molecule is C=C1CCO[C@@]12CC[C@H]1[C@@H]3CCC4=CC(=O)CCC4=C3C(c3ccc(P(=O)(c4ccc(Cl)cc4)c4ccc(Cl)cc4)cc3)C[C@@]12C. The minimum Gasteiger partial charge on any atom is -0.370 e. The number of ketones is 1. The third-order valence-electron chi connectivity index (χ3n) is 12.2. The first-order chi connectivity index (χ1) is 22.1. The van der Waals surface area contributed by atoms with Crippen LogP contribution in [0.15, 0.2) is 108 Å². The second-order valence-electron chi connectivity index (χ2n) is 14.2. The Bertz CT molecular complexity index is 1810. The highest BCUT2D eigenvalue weighted by molar-refractivity contribution is 7.85. The summed E-state index contributed by atoms with van der Waals surface area (Å²) in [4.78, 5) is 12.5. The molecule has 1 spiro atoms. The Morgan fingerprint density at radius 2 is 1.43 bits per heavy atom. The van der Waals surface area contributed by atoms with Crippen molar-refractivity contribution in [2.75, 3.05) is 6.61 Å². The molecule has 5 atom stereocenters. The van der Waals surface area contributed by atoms with Crippen molar-refractivity contribution in [3.63, 3.8) is 0 Å². The van der Waals surface area contributed by atoms with Crippen LogP contribution < -0.4 is 15.9 Å². The topological polar surface area (TPSA) is 43.4 Å². The van der Waals surface area contributed by atoms with Crippen LogP contribution in [0.1, 0.15) is 69.8 Å². The van der Waals surface area contributed by atoms with Gasteiger partial charge in [-0.3, -0.25) is 4.79 Å². The van der Waals surface area contributed by atoms with E-state index in [0.717, 1.165) is 67.5 Å². The highest BCUT2D eigenvalue weighted by Gasteiger charge is 2.66. The van der Waals surface area contributed by atoms with Crippen molar-refractivity contribution < 1.29 is 14.1 Å². The van der Waals surface area contributed by atoms with E-state index in [4.69, 9.17) is 27.9 Å².